The molecule has 0 amide bonds. The summed E-state index contributed by atoms with van der Waals surface area (Å²) in [5, 5.41) is 0. The monoisotopic (exact) mass is 285 g/mol. The maximum Gasteiger partial charge on any atom is 0.464 e. The molecule has 0 rings (SSSR count). The maximum atomic E-state index is 10.8. The summed E-state index contributed by atoms with van der Waals surface area (Å²) >= 11 is 0. The zero-order valence-corrected chi connectivity index (χ0v) is 12.6. The number of rotatable bonds is 9. The Hall–Kier alpha value is 0.260. The molecule has 7 heteroatoms. The Bertz CT molecular complexity index is 190. The fraction of sp³-hybridized carbons (Fsp3) is 1.00. The van der Waals surface area contributed by atoms with E-state index in [2.05, 4.69) is 13.8 Å². The van der Waals surface area contributed by atoms with Crippen molar-refractivity contribution in [2.45, 2.75) is 39.5 Å². The van der Waals surface area contributed by atoms with Gasteiger partial charge in [-0.3, -0.25) is 4.57 Å². The zero-order chi connectivity index (χ0) is 12.8. The van der Waals surface area contributed by atoms with Gasteiger partial charge in [0.05, 0.1) is 6.61 Å². The molecule has 0 radical (unpaired) electrons. The second-order valence-corrected chi connectivity index (χ2v) is 6.30. The molecule has 0 aliphatic rings. The number of unbranched alkanes of at least 4 members (excludes halogenated alkanes) is 1. The smallest absolute Gasteiger partial charge is 0.336 e. The fourth-order valence-corrected chi connectivity index (χ4v) is 1.91. The highest BCUT2D eigenvalue weighted by Crippen LogP contribution is 2.35. The number of hydrogen-bond donors (Lipinski definition) is 0. The Morgan fingerprint density at radius 3 is 2.44 bits per heavy atom. The zero-order valence-electron chi connectivity index (χ0n) is 9.85. The fourth-order valence-electron chi connectivity index (χ4n) is 1.22. The van der Waals surface area contributed by atoms with Gasteiger partial charge in [-0.05, 0) is 12.3 Å². The number of ether oxygens (including phenoxy) is 1. The molecule has 2 unspecified atom stereocenters. The lowest BCUT2D eigenvalue weighted by Gasteiger charge is -2.12. The van der Waals surface area contributed by atoms with Crippen molar-refractivity contribution < 1.29 is 18.4 Å². The van der Waals surface area contributed by atoms with Crippen molar-refractivity contribution in [1.29, 1.82) is 0 Å². The Balaban J connectivity index is 0. The van der Waals surface area contributed by atoms with E-state index < -0.39 is 7.49 Å². The van der Waals surface area contributed by atoms with Crippen LogP contribution >= 0.6 is 24.8 Å². The minimum atomic E-state index is -1.68. The predicted octanol–water partition coefficient (Wildman–Crippen LogP) is 4.69. The van der Waals surface area contributed by atoms with E-state index in [1.807, 2.05) is 0 Å². The Kier molecular flexibility index (Phi) is 17.8. The van der Waals surface area contributed by atoms with Crippen molar-refractivity contribution in [3.63, 3.8) is 0 Å². The van der Waals surface area contributed by atoms with Gasteiger partial charge in [0.1, 0.15) is 9.12 Å². The highest BCUT2D eigenvalue weighted by molar-refractivity contribution is 8.09. The molecule has 0 aromatic carbocycles. The van der Waals surface area contributed by atoms with Crippen molar-refractivity contribution in [1.82, 2.24) is 0 Å². The molecular weight excluding hydrogens is 265 g/mol. The van der Waals surface area contributed by atoms with Crippen LogP contribution in [0.15, 0.2) is 0 Å². The van der Waals surface area contributed by atoms with Crippen molar-refractivity contribution in [3.05, 3.63) is 0 Å². The van der Waals surface area contributed by atoms with E-state index >= 15 is 0 Å². The Morgan fingerprint density at radius 2 is 2.00 bits per heavy atom. The molecule has 0 saturated heterocycles. The van der Waals surface area contributed by atoms with E-state index in [0.29, 0.717) is 12.5 Å². The molecule has 0 aromatic heterocycles. The third-order valence-electron chi connectivity index (χ3n) is 2.19. The topological polar surface area (TPSA) is 60.4 Å². The number of hydrogen-bond acceptors (Lipinski definition) is 4. The van der Waals surface area contributed by atoms with Gasteiger partial charge in [0.15, 0.2) is 0 Å². The van der Waals surface area contributed by atoms with Gasteiger partial charge >= 0.3 is 15.6 Å². The molecule has 0 spiro atoms. The van der Waals surface area contributed by atoms with E-state index in [0.717, 1.165) is 6.42 Å². The molecule has 0 heterocycles. The molecule has 0 fully saturated rings. The lowest BCUT2D eigenvalue weighted by atomic mass is 10.0. The van der Waals surface area contributed by atoms with Crippen molar-refractivity contribution in [2.24, 2.45) is 5.92 Å². The van der Waals surface area contributed by atoms with Gasteiger partial charge in [-0.2, -0.15) is 0 Å². The van der Waals surface area contributed by atoms with E-state index in [-0.39, 0.29) is 14.5 Å². The summed E-state index contributed by atoms with van der Waals surface area (Å²) in [6.45, 7) is 4.95. The average molecular weight is 285 g/mol. The molecule has 0 aliphatic heterocycles. The first kappa shape index (κ1) is 18.6. The average Bonchev–Trinajstić information content (AvgIpc) is 2.35. The highest BCUT2D eigenvalue weighted by atomic mass is 32.0. The Labute approximate surface area is 102 Å². The van der Waals surface area contributed by atoms with Crippen LogP contribution in [0.5, 0.6) is 0 Å². The van der Waals surface area contributed by atoms with Crippen LogP contribution in [0.2, 0.25) is 0 Å². The third-order valence-corrected chi connectivity index (χ3v) is 3.67. The molecule has 0 aromatic rings. The lowest BCUT2D eigenvalue weighted by molar-refractivity contribution is 0.129. The third kappa shape index (κ3) is 12.3. The van der Waals surface area contributed by atoms with Crippen molar-refractivity contribution >= 4 is 24.8 Å². The predicted molar refractivity (Wildman–Crippen MR) is 68.3 cm³/mol. The minimum absolute atomic E-state index is 0.128. The highest BCUT2D eigenvalue weighted by Gasteiger charge is 2.16. The van der Waals surface area contributed by atoms with Crippen molar-refractivity contribution in [3.8, 4) is 0 Å². The van der Waals surface area contributed by atoms with Crippen molar-refractivity contribution in [2.75, 3.05) is 13.0 Å². The summed E-state index contributed by atoms with van der Waals surface area (Å²) < 4.78 is 34.3. The summed E-state index contributed by atoms with van der Waals surface area (Å²) in [7, 11) is -0.257. The Morgan fingerprint density at radius 1 is 1.38 bits per heavy atom. The molecular formula is C9H20O4P3+. The summed E-state index contributed by atoms with van der Waals surface area (Å²) in [4.78, 5) is 0. The van der Waals surface area contributed by atoms with Crippen LogP contribution in [0.4, 0.5) is 0 Å². The van der Waals surface area contributed by atoms with Crippen LogP contribution in [0.1, 0.15) is 39.5 Å². The van der Waals surface area contributed by atoms with E-state index in [9.17, 15) is 9.13 Å². The van der Waals surface area contributed by atoms with Crippen LogP contribution in [0.3, 0.4) is 0 Å². The summed E-state index contributed by atoms with van der Waals surface area (Å²) in [5.74, 6) is 0.557. The first-order chi connectivity index (χ1) is 7.74. The summed E-state index contributed by atoms with van der Waals surface area (Å²) in [6.07, 6.45) is 4.80. The van der Waals surface area contributed by atoms with Gasteiger partial charge in [-0.1, -0.05) is 37.7 Å². The molecule has 4 nitrogen and oxygen atoms in total. The molecule has 94 valence electrons. The van der Waals surface area contributed by atoms with E-state index in [1.165, 1.54) is 19.3 Å². The van der Waals surface area contributed by atoms with Crippen LogP contribution in [0, 0.1) is 5.92 Å². The van der Waals surface area contributed by atoms with Gasteiger partial charge in [-0.15, -0.1) is 0 Å². The molecule has 2 atom stereocenters. The molecule has 16 heavy (non-hydrogen) atoms. The molecule has 0 saturated carbocycles. The first-order valence-electron chi connectivity index (χ1n) is 5.30. The lowest BCUT2D eigenvalue weighted by Crippen LogP contribution is -2.08. The van der Waals surface area contributed by atoms with Crippen LogP contribution < -0.4 is 0 Å². The van der Waals surface area contributed by atoms with Gasteiger partial charge < -0.3 is 4.74 Å². The van der Waals surface area contributed by atoms with Gasteiger partial charge in [0.2, 0.25) is 0 Å². The molecule has 0 bridgehead atoms. The quantitative estimate of drug-likeness (QED) is 0.577. The largest absolute Gasteiger partial charge is 0.464 e. The normalized spacial score (nSPS) is 12.8. The first-order valence-corrected chi connectivity index (χ1v) is 8.67. The van der Waals surface area contributed by atoms with E-state index in [1.54, 1.807) is 9.12 Å². The standard InChI is InChI=1S/C9H19O3P2.HOP/c1-3-5-6-9(4-2)7-12-8-14(11)13-10;1-2/h9H,3-8H2,1-2H3;2H/q+1;. The van der Waals surface area contributed by atoms with Crippen LogP contribution in [0.25, 0.3) is 0 Å². The van der Waals surface area contributed by atoms with E-state index in [4.69, 9.17) is 9.30 Å². The maximum absolute atomic E-state index is 10.8. The summed E-state index contributed by atoms with van der Waals surface area (Å²) in [6, 6.07) is 0. The van der Waals surface area contributed by atoms with Gasteiger partial charge in [0.25, 0.3) is 6.35 Å². The van der Waals surface area contributed by atoms with Crippen LogP contribution in [-0.2, 0) is 18.4 Å². The summed E-state index contributed by atoms with van der Waals surface area (Å²) in [5.41, 5.74) is 0. The van der Waals surface area contributed by atoms with Gasteiger partial charge in [0, 0.05) is 0 Å². The van der Waals surface area contributed by atoms with Gasteiger partial charge in [-0.25, -0.2) is 4.57 Å². The molecule has 0 N–H and O–H groups in total. The minimum Gasteiger partial charge on any atom is -0.336 e. The molecule has 0 aliphatic carbocycles. The second kappa shape index (κ2) is 15.3. The SMILES string of the molecule is CCCCC(CC)COC[P+](=O)P=O.O=P. The van der Waals surface area contributed by atoms with Crippen LogP contribution in [-0.4, -0.2) is 13.0 Å². The second-order valence-electron chi connectivity index (χ2n) is 3.35.